The van der Waals surface area contributed by atoms with Crippen molar-refractivity contribution in [3.05, 3.63) is 41.3 Å². The Morgan fingerprint density at radius 3 is 2.72 bits per heavy atom. The van der Waals surface area contributed by atoms with Gasteiger partial charge in [-0.3, -0.25) is 4.79 Å². The maximum absolute atomic E-state index is 13.1. The molecule has 1 aromatic carbocycles. The summed E-state index contributed by atoms with van der Waals surface area (Å²) >= 11 is 0. The number of benzene rings is 1. The van der Waals surface area contributed by atoms with Gasteiger partial charge in [-0.25, -0.2) is 9.78 Å². The van der Waals surface area contributed by atoms with Gasteiger partial charge in [-0.05, 0) is 39.0 Å². The highest BCUT2D eigenvalue weighted by Gasteiger charge is 2.37. The highest BCUT2D eigenvalue weighted by Crippen LogP contribution is 2.35. The molecule has 2 atom stereocenters. The van der Waals surface area contributed by atoms with Crippen LogP contribution in [-0.2, 0) is 16.0 Å². The number of hydrogen-bond donors (Lipinski definition) is 2. The summed E-state index contributed by atoms with van der Waals surface area (Å²) in [6, 6.07) is 7.73. The third-order valence-electron chi connectivity index (χ3n) is 5.67. The van der Waals surface area contributed by atoms with E-state index in [1.54, 1.807) is 0 Å². The van der Waals surface area contributed by atoms with Crippen molar-refractivity contribution in [2.45, 2.75) is 51.1 Å². The molecule has 7 nitrogen and oxygen atoms in total. The minimum absolute atomic E-state index is 0. The Kier molecular flexibility index (Phi) is 6.52. The minimum atomic E-state index is -0.566. The highest BCUT2D eigenvalue weighted by molar-refractivity contribution is 7.59. The predicted molar refractivity (Wildman–Crippen MR) is 115 cm³/mol. The van der Waals surface area contributed by atoms with E-state index in [1.165, 1.54) is 12.7 Å². The fourth-order valence-corrected chi connectivity index (χ4v) is 4.18. The molecule has 1 saturated heterocycles. The minimum Gasteiger partial charge on any atom is -0.453 e. The van der Waals surface area contributed by atoms with Gasteiger partial charge in [-0.2, -0.15) is 13.5 Å². The summed E-state index contributed by atoms with van der Waals surface area (Å²) < 4.78 is 4.71. The fourth-order valence-electron chi connectivity index (χ4n) is 4.18. The van der Waals surface area contributed by atoms with Crippen molar-refractivity contribution < 1.29 is 14.3 Å². The van der Waals surface area contributed by atoms with E-state index in [0.29, 0.717) is 13.0 Å². The molecule has 4 rings (SSSR count). The predicted octanol–water partition coefficient (Wildman–Crippen LogP) is 3.22. The number of nitrogens with zero attached hydrogens (tertiary/aromatic N) is 2. The van der Waals surface area contributed by atoms with E-state index >= 15 is 0 Å². The van der Waals surface area contributed by atoms with Gasteiger partial charge >= 0.3 is 6.09 Å². The zero-order chi connectivity index (χ0) is 19.7. The molecule has 8 heteroatoms. The average molecular weight is 417 g/mol. The lowest BCUT2D eigenvalue weighted by Gasteiger charge is -2.28. The number of aromatic amines is 1. The van der Waals surface area contributed by atoms with Crippen LogP contribution in [0.2, 0.25) is 0 Å². The zero-order valence-corrected chi connectivity index (χ0v) is 17.8. The van der Waals surface area contributed by atoms with Crippen molar-refractivity contribution in [3.63, 3.8) is 0 Å². The van der Waals surface area contributed by atoms with E-state index in [-0.39, 0.29) is 25.4 Å². The van der Waals surface area contributed by atoms with Gasteiger partial charge in [-0.1, -0.05) is 29.8 Å². The smallest absolute Gasteiger partial charge is 0.407 e. The number of hydrogen-bond acceptors (Lipinski definition) is 4. The van der Waals surface area contributed by atoms with Gasteiger partial charge in [0.05, 0.1) is 18.8 Å². The first kappa shape index (κ1) is 21.2. The number of alkyl carbamates (subject to hydrolysis) is 1. The van der Waals surface area contributed by atoms with E-state index in [1.807, 2.05) is 4.90 Å². The Balaban J connectivity index is 0.00000240. The number of amides is 2. The summed E-state index contributed by atoms with van der Waals surface area (Å²) in [6.07, 6.45) is 3.34. The third-order valence-corrected chi connectivity index (χ3v) is 5.67. The number of imidazole rings is 1. The molecule has 0 aliphatic carbocycles. The second-order valence-corrected chi connectivity index (χ2v) is 7.59. The molecule has 2 bridgehead atoms. The second kappa shape index (κ2) is 8.90. The third kappa shape index (κ3) is 4.27. The molecule has 2 N–H and O–H groups in total. The average Bonchev–Trinajstić information content (AvgIpc) is 3.33. The monoisotopic (exact) mass is 416 g/mol. The molecule has 2 amide bonds. The van der Waals surface area contributed by atoms with Crippen molar-refractivity contribution in [1.82, 2.24) is 20.2 Å². The molecule has 0 unspecified atom stereocenters. The van der Waals surface area contributed by atoms with Gasteiger partial charge in [0, 0.05) is 17.8 Å². The summed E-state index contributed by atoms with van der Waals surface area (Å²) in [5, 5.41) is 2.72. The Labute approximate surface area is 177 Å². The van der Waals surface area contributed by atoms with Crippen LogP contribution >= 0.6 is 13.5 Å². The molecular weight excluding hydrogens is 388 g/mol. The van der Waals surface area contributed by atoms with Crippen molar-refractivity contribution in [1.29, 1.82) is 0 Å². The first-order chi connectivity index (χ1) is 13.6. The van der Waals surface area contributed by atoms with Crippen LogP contribution in [0.15, 0.2) is 24.3 Å². The van der Waals surface area contributed by atoms with Crippen molar-refractivity contribution in [3.8, 4) is 11.3 Å². The topological polar surface area (TPSA) is 87.3 Å². The zero-order valence-electron chi connectivity index (χ0n) is 16.8. The number of carbonyl (C=O) groups excluding carboxylic acids is 2. The Hall–Kier alpha value is -2.48. The van der Waals surface area contributed by atoms with Crippen LogP contribution in [0.5, 0.6) is 0 Å². The number of fused-ring (bicyclic) bond motifs is 4. The molecule has 156 valence electrons. The maximum Gasteiger partial charge on any atom is 0.407 e. The summed E-state index contributed by atoms with van der Waals surface area (Å²) in [5.41, 5.74) is 4.36. The van der Waals surface area contributed by atoms with E-state index in [4.69, 9.17) is 9.72 Å². The van der Waals surface area contributed by atoms with Crippen molar-refractivity contribution >= 4 is 25.5 Å². The van der Waals surface area contributed by atoms with Gasteiger partial charge in [0.25, 0.3) is 0 Å². The van der Waals surface area contributed by atoms with E-state index in [2.05, 4.69) is 41.5 Å². The summed E-state index contributed by atoms with van der Waals surface area (Å²) in [7, 11) is 1.32. The molecule has 2 aromatic rings. The quantitative estimate of drug-likeness (QED) is 0.787. The lowest BCUT2D eigenvalue weighted by molar-refractivity contribution is -0.134. The Morgan fingerprint density at radius 1 is 1.24 bits per heavy atom. The van der Waals surface area contributed by atoms with Crippen LogP contribution in [0.4, 0.5) is 4.79 Å². The molecule has 3 heterocycles. The van der Waals surface area contributed by atoms with Crippen molar-refractivity contribution in [2.24, 2.45) is 0 Å². The first-order valence-electron chi connectivity index (χ1n) is 9.87. The molecule has 0 spiro atoms. The lowest BCUT2D eigenvalue weighted by Crippen LogP contribution is -2.48. The van der Waals surface area contributed by atoms with E-state index < -0.39 is 12.1 Å². The Bertz CT molecular complexity index is 881. The SMILES string of the molecule is COC(=O)N[C@H]1CCCc2[nH]c(nc2-c2ccc(C)cc2)[C@@H]2CCCN2C1=O.S. The molecule has 29 heavy (non-hydrogen) atoms. The fraction of sp³-hybridized carbons (Fsp3) is 0.476. The van der Waals surface area contributed by atoms with Crippen molar-refractivity contribution in [2.75, 3.05) is 13.7 Å². The standard InChI is InChI=1S/C21H26N4O3.H2S/c1-13-8-10-14(11-9-13)18-15-5-3-6-16(23-21(27)28-2)20(26)25-12-4-7-17(25)19(22-15)24-18;/h8-11,16-17H,3-7,12H2,1-2H3,(H,22,24)(H,23,27);1H2/t16-,17-;/m0./s1. The second-order valence-electron chi connectivity index (χ2n) is 7.59. The van der Waals surface area contributed by atoms with Gasteiger partial charge in [0.15, 0.2) is 0 Å². The molecule has 1 fully saturated rings. The molecule has 0 radical (unpaired) electrons. The van der Waals surface area contributed by atoms with Crippen LogP contribution < -0.4 is 5.32 Å². The number of ether oxygens (including phenoxy) is 1. The van der Waals surface area contributed by atoms with Gasteiger partial charge in [0.2, 0.25) is 5.91 Å². The summed E-state index contributed by atoms with van der Waals surface area (Å²) in [4.78, 5) is 35.1. The van der Waals surface area contributed by atoms with E-state index in [0.717, 1.165) is 48.5 Å². The van der Waals surface area contributed by atoms with Gasteiger partial charge < -0.3 is 19.9 Å². The number of methoxy groups -OCH3 is 1. The molecular formula is C21H28N4O3S. The number of nitrogens with one attached hydrogen (secondary N) is 2. The number of rotatable bonds is 2. The summed E-state index contributed by atoms with van der Waals surface area (Å²) in [6.45, 7) is 2.75. The normalized spacial score (nSPS) is 21.2. The van der Waals surface area contributed by atoms with Crippen LogP contribution in [0.3, 0.4) is 0 Å². The molecule has 2 aliphatic heterocycles. The molecule has 2 aliphatic rings. The van der Waals surface area contributed by atoms with E-state index in [9.17, 15) is 9.59 Å². The van der Waals surface area contributed by atoms with Crippen LogP contribution in [0.25, 0.3) is 11.3 Å². The summed E-state index contributed by atoms with van der Waals surface area (Å²) in [5.74, 6) is 0.791. The van der Waals surface area contributed by atoms with Gasteiger partial charge in [0.1, 0.15) is 11.9 Å². The number of carbonyl (C=O) groups is 2. The number of aryl methyl sites for hydroxylation is 2. The lowest BCUT2D eigenvalue weighted by atomic mass is 10.0. The van der Waals surface area contributed by atoms with Gasteiger partial charge in [-0.15, -0.1) is 0 Å². The number of aromatic nitrogens is 2. The molecule has 1 aromatic heterocycles. The maximum atomic E-state index is 13.1. The first-order valence-corrected chi connectivity index (χ1v) is 9.87. The van der Waals surface area contributed by atoms with Crippen LogP contribution in [0, 0.1) is 6.92 Å². The number of H-pyrrole nitrogens is 1. The molecule has 0 saturated carbocycles. The van der Waals surface area contributed by atoms with Crippen LogP contribution in [0.1, 0.15) is 48.8 Å². The largest absolute Gasteiger partial charge is 0.453 e. The highest BCUT2D eigenvalue weighted by atomic mass is 32.1. The van der Waals surface area contributed by atoms with Crippen LogP contribution in [-0.4, -0.2) is 46.6 Å². The Morgan fingerprint density at radius 2 is 2.00 bits per heavy atom.